The molecule has 1 unspecified atom stereocenters. The Morgan fingerprint density at radius 3 is 2.70 bits per heavy atom. The van der Waals surface area contributed by atoms with Gasteiger partial charge in [-0.15, -0.1) is 0 Å². The summed E-state index contributed by atoms with van der Waals surface area (Å²) in [7, 11) is 3.57. The van der Waals surface area contributed by atoms with Gasteiger partial charge in [-0.05, 0) is 18.2 Å². The first-order chi connectivity index (χ1) is 9.38. The first-order valence-electron chi connectivity index (χ1n) is 6.16. The van der Waals surface area contributed by atoms with E-state index >= 15 is 0 Å². The molecule has 0 aliphatic carbocycles. The Labute approximate surface area is 121 Å². The van der Waals surface area contributed by atoms with Gasteiger partial charge in [0, 0.05) is 47.8 Å². The predicted molar refractivity (Wildman–Crippen MR) is 78.4 cm³/mol. The quantitative estimate of drug-likeness (QED) is 0.795. The molecule has 0 saturated carbocycles. The molecule has 1 aromatic carbocycles. The molecule has 2 heterocycles. The van der Waals surface area contributed by atoms with Crippen molar-refractivity contribution in [2.45, 2.75) is 11.7 Å². The number of halogens is 1. The van der Waals surface area contributed by atoms with E-state index < -0.39 is 14.3 Å². The fourth-order valence-corrected chi connectivity index (χ4v) is 3.64. The van der Waals surface area contributed by atoms with Crippen LogP contribution >= 0.6 is 10.7 Å². The zero-order valence-electron chi connectivity index (χ0n) is 10.8. The molecule has 3 rings (SSSR count). The number of amides is 1. The summed E-state index contributed by atoms with van der Waals surface area (Å²) in [6.07, 6.45) is 1.85. The van der Waals surface area contributed by atoms with Crippen molar-refractivity contribution in [3.63, 3.8) is 0 Å². The second kappa shape index (κ2) is 4.49. The van der Waals surface area contributed by atoms with Crippen molar-refractivity contribution in [1.82, 2.24) is 4.57 Å². The van der Waals surface area contributed by atoms with E-state index in [0.717, 1.165) is 16.6 Å². The number of rotatable bonds is 2. The predicted octanol–water partition coefficient (Wildman–Crippen LogP) is 1.85. The molecule has 5 nitrogen and oxygen atoms in total. The van der Waals surface area contributed by atoms with Gasteiger partial charge in [0.15, 0.2) is 0 Å². The van der Waals surface area contributed by atoms with Gasteiger partial charge >= 0.3 is 0 Å². The number of carbonyl (C=O) groups is 1. The first-order valence-corrected chi connectivity index (χ1v) is 8.53. The molecule has 2 aromatic rings. The number of hydrogen-bond acceptors (Lipinski definition) is 3. The Morgan fingerprint density at radius 2 is 2.05 bits per heavy atom. The number of carbonyl (C=O) groups excluding carboxylic acids is 1. The Hall–Kier alpha value is -1.53. The number of benzene rings is 1. The lowest BCUT2D eigenvalue weighted by molar-refractivity contribution is -0.117. The van der Waals surface area contributed by atoms with Crippen LogP contribution in [-0.2, 0) is 20.9 Å². The van der Waals surface area contributed by atoms with Crippen LogP contribution in [0, 0.1) is 0 Å². The molecular formula is C13H13ClN2O3S. The zero-order chi connectivity index (χ0) is 14.5. The molecule has 1 aliphatic heterocycles. The maximum atomic E-state index is 12.1. The molecule has 1 fully saturated rings. The number of anilines is 1. The number of fused-ring (bicyclic) bond motifs is 1. The first kappa shape index (κ1) is 13.5. The summed E-state index contributed by atoms with van der Waals surface area (Å²) in [6.45, 7) is 0.110. The number of aryl methyl sites for hydroxylation is 1. The monoisotopic (exact) mass is 312 g/mol. The van der Waals surface area contributed by atoms with Crippen LogP contribution in [0.4, 0.5) is 5.69 Å². The minimum Gasteiger partial charge on any atom is -0.350 e. The van der Waals surface area contributed by atoms with Crippen LogP contribution in [-0.4, -0.2) is 30.7 Å². The van der Waals surface area contributed by atoms with E-state index in [1.54, 1.807) is 0 Å². The Morgan fingerprint density at radius 1 is 1.30 bits per heavy atom. The van der Waals surface area contributed by atoms with Gasteiger partial charge < -0.3 is 9.47 Å². The SMILES string of the molecule is Cn1ccc2c(N3CC(S(=O)(=O)Cl)CC3=O)cccc21. The molecular weight excluding hydrogens is 300 g/mol. The summed E-state index contributed by atoms with van der Waals surface area (Å²) < 4.78 is 24.8. The molecule has 0 radical (unpaired) electrons. The molecule has 20 heavy (non-hydrogen) atoms. The maximum Gasteiger partial charge on any atom is 0.237 e. The van der Waals surface area contributed by atoms with Gasteiger partial charge in [-0.25, -0.2) is 8.42 Å². The third-order valence-electron chi connectivity index (χ3n) is 3.68. The van der Waals surface area contributed by atoms with Crippen molar-refractivity contribution in [3.8, 4) is 0 Å². The molecule has 7 heteroatoms. The van der Waals surface area contributed by atoms with Crippen LogP contribution in [0.3, 0.4) is 0 Å². The van der Waals surface area contributed by atoms with Crippen LogP contribution in [0.1, 0.15) is 6.42 Å². The summed E-state index contributed by atoms with van der Waals surface area (Å²) in [4.78, 5) is 13.6. The van der Waals surface area contributed by atoms with E-state index in [-0.39, 0.29) is 18.9 Å². The summed E-state index contributed by atoms with van der Waals surface area (Å²) in [6, 6.07) is 7.55. The lowest BCUT2D eigenvalue weighted by atomic mass is 10.2. The minimum absolute atomic E-state index is 0.0605. The van der Waals surface area contributed by atoms with Gasteiger partial charge in [-0.3, -0.25) is 4.79 Å². The molecule has 1 amide bonds. The highest BCUT2D eigenvalue weighted by atomic mass is 35.7. The van der Waals surface area contributed by atoms with Crippen LogP contribution in [0.25, 0.3) is 10.9 Å². The van der Waals surface area contributed by atoms with Crippen molar-refractivity contribution < 1.29 is 13.2 Å². The summed E-state index contributed by atoms with van der Waals surface area (Å²) in [5.74, 6) is -0.212. The third kappa shape index (κ3) is 2.09. The van der Waals surface area contributed by atoms with Gasteiger partial charge in [0.2, 0.25) is 15.0 Å². The van der Waals surface area contributed by atoms with E-state index in [4.69, 9.17) is 10.7 Å². The minimum atomic E-state index is -3.72. The largest absolute Gasteiger partial charge is 0.350 e. The average Bonchev–Trinajstić information content (AvgIpc) is 2.93. The van der Waals surface area contributed by atoms with Crippen molar-refractivity contribution in [1.29, 1.82) is 0 Å². The van der Waals surface area contributed by atoms with Gasteiger partial charge in [0.25, 0.3) is 0 Å². The van der Waals surface area contributed by atoms with E-state index in [9.17, 15) is 13.2 Å². The summed E-state index contributed by atoms with van der Waals surface area (Å²) >= 11 is 0. The summed E-state index contributed by atoms with van der Waals surface area (Å²) in [5.41, 5.74) is 1.73. The van der Waals surface area contributed by atoms with Gasteiger partial charge in [-0.2, -0.15) is 0 Å². The van der Waals surface area contributed by atoms with E-state index in [1.807, 2.05) is 42.1 Å². The second-order valence-corrected chi connectivity index (χ2v) is 7.85. The highest BCUT2D eigenvalue weighted by molar-refractivity contribution is 8.14. The maximum absolute atomic E-state index is 12.1. The molecule has 0 spiro atoms. The van der Waals surface area contributed by atoms with Gasteiger partial charge in [0.1, 0.15) is 5.25 Å². The third-order valence-corrected chi connectivity index (χ3v) is 5.55. The average molecular weight is 313 g/mol. The van der Waals surface area contributed by atoms with Crippen molar-refractivity contribution in [2.24, 2.45) is 7.05 Å². The topological polar surface area (TPSA) is 59.4 Å². The smallest absolute Gasteiger partial charge is 0.237 e. The normalized spacial score (nSPS) is 20.0. The lowest BCUT2D eigenvalue weighted by Crippen LogP contribution is -2.26. The highest BCUT2D eigenvalue weighted by Gasteiger charge is 2.38. The fourth-order valence-electron chi connectivity index (χ4n) is 2.62. The number of nitrogens with zero attached hydrogens (tertiary/aromatic N) is 2. The number of aromatic nitrogens is 1. The fraction of sp³-hybridized carbons (Fsp3) is 0.308. The molecule has 1 saturated heterocycles. The van der Waals surface area contributed by atoms with Crippen molar-refractivity contribution in [3.05, 3.63) is 30.5 Å². The standard InChI is InChI=1S/C13H13ClN2O3S/c1-15-6-5-10-11(15)3-2-4-12(10)16-8-9(7-13(16)17)20(14,18)19/h2-6,9H,7-8H2,1H3. The molecule has 1 aromatic heterocycles. The Balaban J connectivity index is 2.06. The lowest BCUT2D eigenvalue weighted by Gasteiger charge is -2.17. The van der Waals surface area contributed by atoms with Gasteiger partial charge in [0.05, 0.1) is 5.69 Å². The molecule has 1 aliphatic rings. The van der Waals surface area contributed by atoms with Crippen LogP contribution in [0.2, 0.25) is 0 Å². The molecule has 0 bridgehead atoms. The van der Waals surface area contributed by atoms with E-state index in [0.29, 0.717) is 0 Å². The molecule has 1 atom stereocenters. The van der Waals surface area contributed by atoms with E-state index in [2.05, 4.69) is 0 Å². The van der Waals surface area contributed by atoms with E-state index in [1.165, 1.54) is 4.90 Å². The molecule has 0 N–H and O–H groups in total. The van der Waals surface area contributed by atoms with Crippen molar-refractivity contribution >= 4 is 42.2 Å². The van der Waals surface area contributed by atoms with Crippen molar-refractivity contribution in [2.75, 3.05) is 11.4 Å². The van der Waals surface area contributed by atoms with Crippen LogP contribution in [0.15, 0.2) is 30.5 Å². The molecule has 106 valence electrons. The zero-order valence-corrected chi connectivity index (χ0v) is 12.4. The Kier molecular flexibility index (Phi) is 3.02. The second-order valence-electron chi connectivity index (χ2n) is 4.94. The number of hydrogen-bond donors (Lipinski definition) is 0. The highest BCUT2D eigenvalue weighted by Crippen LogP contribution is 2.32. The van der Waals surface area contributed by atoms with Crippen LogP contribution < -0.4 is 4.90 Å². The van der Waals surface area contributed by atoms with Crippen LogP contribution in [0.5, 0.6) is 0 Å². The Bertz CT molecular complexity index is 797. The van der Waals surface area contributed by atoms with Gasteiger partial charge in [-0.1, -0.05) is 6.07 Å². The summed E-state index contributed by atoms with van der Waals surface area (Å²) in [5, 5.41) is 0.0894.